The second kappa shape index (κ2) is 5.08. The van der Waals surface area contributed by atoms with Gasteiger partial charge in [0, 0.05) is 19.4 Å². The molecule has 0 aliphatic carbocycles. The number of fused-ring (bicyclic) bond motifs is 1. The summed E-state index contributed by atoms with van der Waals surface area (Å²) >= 11 is 0. The molecule has 2 heterocycles. The van der Waals surface area contributed by atoms with Crippen LogP contribution in [0.3, 0.4) is 0 Å². The predicted octanol–water partition coefficient (Wildman–Crippen LogP) is 2.52. The fourth-order valence-corrected chi connectivity index (χ4v) is 2.01. The Morgan fingerprint density at radius 1 is 1.25 bits per heavy atom. The minimum atomic E-state index is 0.673. The lowest BCUT2D eigenvalue weighted by Crippen LogP contribution is -2.03. The van der Waals surface area contributed by atoms with Crippen molar-refractivity contribution in [3.63, 3.8) is 0 Å². The van der Waals surface area contributed by atoms with Gasteiger partial charge in [0.05, 0.1) is 19.0 Å². The molecular weight excluding hydrogens is 254 g/mol. The third-order valence-electron chi connectivity index (χ3n) is 2.99. The molecule has 0 fully saturated rings. The molecule has 0 bridgehead atoms. The summed E-state index contributed by atoms with van der Waals surface area (Å²) in [6.45, 7) is 0. The highest BCUT2D eigenvalue weighted by molar-refractivity contribution is 5.74. The van der Waals surface area contributed by atoms with Gasteiger partial charge in [0.1, 0.15) is 11.6 Å². The fraction of sp³-hybridized carbons (Fsp3) is 0.143. The summed E-state index contributed by atoms with van der Waals surface area (Å²) in [6, 6.07) is 7.70. The van der Waals surface area contributed by atoms with Crippen LogP contribution in [0.15, 0.2) is 42.9 Å². The maximum Gasteiger partial charge on any atom is 0.180 e. The molecule has 2 N–H and O–H groups in total. The van der Waals surface area contributed by atoms with Crippen LogP contribution >= 0.6 is 0 Å². The molecule has 0 atom stereocenters. The molecule has 20 heavy (non-hydrogen) atoms. The summed E-state index contributed by atoms with van der Waals surface area (Å²) in [5, 5.41) is 6.30. The zero-order valence-electron chi connectivity index (χ0n) is 11.3. The molecule has 0 radical (unpaired) electrons. The minimum Gasteiger partial charge on any atom is -0.495 e. The van der Waals surface area contributed by atoms with E-state index < -0.39 is 0 Å². The monoisotopic (exact) mass is 269 g/mol. The highest BCUT2D eigenvalue weighted by Gasteiger charge is 2.09. The minimum absolute atomic E-state index is 0.673. The summed E-state index contributed by atoms with van der Waals surface area (Å²) in [6.07, 6.45) is 5.50. The second-order valence-electron chi connectivity index (χ2n) is 4.21. The van der Waals surface area contributed by atoms with Crippen LogP contribution in [0.1, 0.15) is 0 Å². The number of nitrogens with one attached hydrogen (secondary N) is 2. The van der Waals surface area contributed by atoms with Crippen molar-refractivity contribution in [1.29, 1.82) is 0 Å². The molecule has 0 unspecified atom stereocenters. The van der Waals surface area contributed by atoms with E-state index in [-0.39, 0.29) is 0 Å². The number of aromatic nitrogens is 3. The zero-order chi connectivity index (χ0) is 13.9. The molecule has 102 valence electrons. The van der Waals surface area contributed by atoms with Gasteiger partial charge in [-0.25, -0.2) is 9.97 Å². The third kappa shape index (κ3) is 2.11. The van der Waals surface area contributed by atoms with Crippen molar-refractivity contribution in [1.82, 2.24) is 14.4 Å². The number of benzene rings is 1. The number of hydrogen-bond acceptors (Lipinski definition) is 5. The van der Waals surface area contributed by atoms with Crippen molar-refractivity contribution in [3.05, 3.63) is 42.9 Å². The number of hydrogen-bond donors (Lipinski definition) is 2. The first-order valence-corrected chi connectivity index (χ1v) is 6.23. The van der Waals surface area contributed by atoms with Gasteiger partial charge < -0.3 is 19.8 Å². The highest BCUT2D eigenvalue weighted by atomic mass is 16.5. The number of anilines is 3. The smallest absolute Gasteiger partial charge is 0.180 e. The van der Waals surface area contributed by atoms with Gasteiger partial charge in [0.2, 0.25) is 0 Å². The van der Waals surface area contributed by atoms with Crippen molar-refractivity contribution < 1.29 is 4.74 Å². The summed E-state index contributed by atoms with van der Waals surface area (Å²) in [4.78, 5) is 8.82. The van der Waals surface area contributed by atoms with E-state index in [1.54, 1.807) is 13.3 Å². The normalized spacial score (nSPS) is 10.5. The van der Waals surface area contributed by atoms with Crippen LogP contribution < -0.4 is 15.4 Å². The van der Waals surface area contributed by atoms with E-state index in [4.69, 9.17) is 4.74 Å². The van der Waals surface area contributed by atoms with Crippen LogP contribution in [0.2, 0.25) is 0 Å². The standard InChI is InChI=1S/C14H15N5O/c1-15-12-9-19-8-7-16-14(19)13(18-12)17-10-5-3-4-6-11(10)20-2/h3-9,15H,1-2H3,(H,17,18). The van der Waals surface area contributed by atoms with Crippen molar-refractivity contribution >= 4 is 23.0 Å². The Hall–Kier alpha value is -2.76. The van der Waals surface area contributed by atoms with E-state index in [1.165, 1.54) is 0 Å². The molecule has 1 aromatic carbocycles. The first-order valence-electron chi connectivity index (χ1n) is 6.23. The maximum absolute atomic E-state index is 5.33. The molecule has 0 amide bonds. The summed E-state index contributed by atoms with van der Waals surface area (Å²) in [5.41, 5.74) is 1.61. The van der Waals surface area contributed by atoms with Crippen molar-refractivity contribution in [3.8, 4) is 5.75 Å². The Labute approximate surface area is 116 Å². The lowest BCUT2D eigenvalue weighted by atomic mass is 10.3. The summed E-state index contributed by atoms with van der Waals surface area (Å²) in [7, 11) is 3.47. The molecular formula is C14H15N5O. The van der Waals surface area contributed by atoms with Gasteiger partial charge in [-0.05, 0) is 12.1 Å². The average Bonchev–Trinajstić information content (AvgIpc) is 2.96. The van der Waals surface area contributed by atoms with Crippen molar-refractivity contribution in [2.24, 2.45) is 0 Å². The Morgan fingerprint density at radius 2 is 2.10 bits per heavy atom. The second-order valence-corrected chi connectivity index (χ2v) is 4.21. The first-order chi connectivity index (χ1) is 9.81. The molecule has 3 aromatic rings. The fourth-order valence-electron chi connectivity index (χ4n) is 2.01. The zero-order valence-corrected chi connectivity index (χ0v) is 11.3. The molecule has 0 spiro atoms. The predicted molar refractivity (Wildman–Crippen MR) is 78.8 cm³/mol. The van der Waals surface area contributed by atoms with Gasteiger partial charge in [-0.2, -0.15) is 0 Å². The molecule has 0 aliphatic heterocycles. The van der Waals surface area contributed by atoms with Crippen LogP contribution in [-0.4, -0.2) is 28.5 Å². The number of nitrogens with zero attached hydrogens (tertiary/aromatic N) is 3. The van der Waals surface area contributed by atoms with Gasteiger partial charge in [-0.3, -0.25) is 0 Å². The lowest BCUT2D eigenvalue weighted by Gasteiger charge is -2.12. The van der Waals surface area contributed by atoms with E-state index in [0.717, 1.165) is 22.9 Å². The molecule has 0 saturated carbocycles. The van der Waals surface area contributed by atoms with E-state index in [9.17, 15) is 0 Å². The Balaban J connectivity index is 2.07. The molecule has 0 aliphatic rings. The molecule has 3 rings (SSSR count). The molecule has 6 nitrogen and oxygen atoms in total. The summed E-state index contributed by atoms with van der Waals surface area (Å²) in [5.74, 6) is 2.19. The lowest BCUT2D eigenvalue weighted by molar-refractivity contribution is 0.417. The van der Waals surface area contributed by atoms with E-state index in [2.05, 4.69) is 20.6 Å². The third-order valence-corrected chi connectivity index (χ3v) is 2.99. The number of imidazole rings is 1. The van der Waals surface area contributed by atoms with Gasteiger partial charge >= 0.3 is 0 Å². The number of ether oxygens (including phenoxy) is 1. The SMILES string of the molecule is CNc1cn2ccnc2c(Nc2ccccc2OC)n1. The first kappa shape index (κ1) is 12.3. The van der Waals surface area contributed by atoms with Crippen LogP contribution in [0.5, 0.6) is 5.75 Å². The number of para-hydroxylation sites is 2. The van der Waals surface area contributed by atoms with Crippen molar-refractivity contribution in [2.45, 2.75) is 0 Å². The maximum atomic E-state index is 5.33. The quantitative estimate of drug-likeness (QED) is 0.762. The number of methoxy groups -OCH3 is 1. The van der Waals surface area contributed by atoms with Crippen LogP contribution in [0, 0.1) is 0 Å². The van der Waals surface area contributed by atoms with E-state index >= 15 is 0 Å². The molecule has 6 heteroatoms. The Kier molecular flexibility index (Phi) is 3.12. The van der Waals surface area contributed by atoms with Crippen LogP contribution in [-0.2, 0) is 0 Å². The Bertz CT molecular complexity index is 737. The number of rotatable bonds is 4. The molecule has 2 aromatic heterocycles. The van der Waals surface area contributed by atoms with Crippen molar-refractivity contribution in [2.75, 3.05) is 24.8 Å². The average molecular weight is 269 g/mol. The largest absolute Gasteiger partial charge is 0.495 e. The Morgan fingerprint density at radius 3 is 2.90 bits per heavy atom. The van der Waals surface area contributed by atoms with Gasteiger partial charge in [0.15, 0.2) is 11.5 Å². The molecule has 0 saturated heterocycles. The van der Waals surface area contributed by atoms with Crippen LogP contribution in [0.25, 0.3) is 5.65 Å². The van der Waals surface area contributed by atoms with Gasteiger partial charge in [-0.15, -0.1) is 0 Å². The van der Waals surface area contributed by atoms with Crippen LogP contribution in [0.4, 0.5) is 17.3 Å². The van der Waals surface area contributed by atoms with E-state index in [1.807, 2.05) is 48.1 Å². The van der Waals surface area contributed by atoms with E-state index in [0.29, 0.717) is 5.82 Å². The van der Waals surface area contributed by atoms with Gasteiger partial charge in [-0.1, -0.05) is 12.1 Å². The summed E-state index contributed by atoms with van der Waals surface area (Å²) < 4.78 is 7.25. The highest BCUT2D eigenvalue weighted by Crippen LogP contribution is 2.28. The topological polar surface area (TPSA) is 63.5 Å². The van der Waals surface area contributed by atoms with Gasteiger partial charge in [0.25, 0.3) is 0 Å².